The van der Waals surface area contributed by atoms with Crippen LogP contribution in [-0.2, 0) is 23.7 Å². The Bertz CT molecular complexity index is 450. The average Bonchev–Trinajstić information content (AvgIpc) is 3.27. The van der Waals surface area contributed by atoms with Crippen molar-refractivity contribution in [3.05, 3.63) is 35.9 Å². The average molecular weight is 264 g/mol. The highest BCUT2D eigenvalue weighted by atomic mass is 16.8. The number of rotatable bonds is 2. The lowest BCUT2D eigenvalue weighted by atomic mass is 10.0. The van der Waals surface area contributed by atoms with Gasteiger partial charge in [-0.1, -0.05) is 30.3 Å². The van der Waals surface area contributed by atoms with E-state index in [1.165, 1.54) is 0 Å². The van der Waals surface area contributed by atoms with Gasteiger partial charge in [-0.05, 0) is 0 Å². The molecule has 0 radical (unpaired) electrons. The first-order valence-electron chi connectivity index (χ1n) is 6.52. The second-order valence-electron chi connectivity index (χ2n) is 5.02. The van der Waals surface area contributed by atoms with E-state index in [0.29, 0.717) is 6.61 Å². The molecule has 3 saturated heterocycles. The maximum absolute atomic E-state index is 6.00. The van der Waals surface area contributed by atoms with Gasteiger partial charge in [-0.15, -0.1) is 0 Å². The molecule has 0 amide bonds. The Morgan fingerprint density at radius 2 is 1.84 bits per heavy atom. The van der Waals surface area contributed by atoms with Crippen molar-refractivity contribution in [2.75, 3.05) is 13.7 Å². The van der Waals surface area contributed by atoms with Gasteiger partial charge in [-0.25, -0.2) is 0 Å². The molecule has 0 aliphatic carbocycles. The summed E-state index contributed by atoms with van der Waals surface area (Å²) in [6.07, 6.45) is -0.759. The summed E-state index contributed by atoms with van der Waals surface area (Å²) in [5.74, 6) is 0. The van der Waals surface area contributed by atoms with Gasteiger partial charge < -0.3 is 23.7 Å². The summed E-state index contributed by atoms with van der Waals surface area (Å²) in [4.78, 5) is 0. The molecule has 3 aliphatic heterocycles. The van der Waals surface area contributed by atoms with Crippen molar-refractivity contribution in [2.24, 2.45) is 0 Å². The summed E-state index contributed by atoms with van der Waals surface area (Å²) >= 11 is 0. The van der Waals surface area contributed by atoms with Crippen molar-refractivity contribution in [3.63, 3.8) is 0 Å². The standard InChI is InChI=1S/C14H16O5/c1-15-14-12-11(18-12)10-9(17-14)7-16-13(19-10)8-5-3-2-4-6-8/h2-6,9-14H,7H2,1H3/t9-,10+,11+,12+,13?,14?/m1/s1. The SMILES string of the molecule is COC1O[C@@H]2COC(c3ccccc3)O[C@@H]2[C@@H]2O[C@H]12. The Morgan fingerprint density at radius 1 is 1.00 bits per heavy atom. The zero-order valence-corrected chi connectivity index (χ0v) is 10.6. The van der Waals surface area contributed by atoms with Gasteiger partial charge in [0, 0.05) is 12.7 Å². The number of hydrogen-bond donors (Lipinski definition) is 0. The van der Waals surface area contributed by atoms with Gasteiger partial charge in [-0.2, -0.15) is 0 Å². The molecule has 2 unspecified atom stereocenters. The normalized spacial score (nSPS) is 44.3. The largest absolute Gasteiger partial charge is 0.361 e. The summed E-state index contributed by atoms with van der Waals surface area (Å²) < 4.78 is 28.4. The van der Waals surface area contributed by atoms with E-state index in [1.807, 2.05) is 30.3 Å². The zero-order valence-electron chi connectivity index (χ0n) is 10.6. The van der Waals surface area contributed by atoms with Crippen molar-refractivity contribution in [1.82, 2.24) is 0 Å². The molecule has 5 heteroatoms. The van der Waals surface area contributed by atoms with Gasteiger partial charge in [0.1, 0.15) is 24.4 Å². The predicted molar refractivity (Wildman–Crippen MR) is 64.3 cm³/mol. The minimum Gasteiger partial charge on any atom is -0.361 e. The number of methoxy groups -OCH3 is 1. The van der Waals surface area contributed by atoms with E-state index < -0.39 is 0 Å². The third kappa shape index (κ3) is 1.98. The van der Waals surface area contributed by atoms with Crippen LogP contribution in [0.25, 0.3) is 0 Å². The molecular formula is C14H16O5. The Kier molecular flexibility index (Phi) is 2.82. The fraction of sp³-hybridized carbons (Fsp3) is 0.571. The fourth-order valence-corrected chi connectivity index (χ4v) is 2.80. The van der Waals surface area contributed by atoms with Crippen LogP contribution < -0.4 is 0 Å². The molecule has 0 saturated carbocycles. The monoisotopic (exact) mass is 264 g/mol. The Morgan fingerprint density at radius 3 is 2.63 bits per heavy atom. The Balaban J connectivity index is 1.50. The van der Waals surface area contributed by atoms with Gasteiger partial charge in [0.25, 0.3) is 0 Å². The van der Waals surface area contributed by atoms with E-state index in [0.717, 1.165) is 5.56 Å². The Hall–Kier alpha value is -0.980. The summed E-state index contributed by atoms with van der Waals surface area (Å²) in [6.45, 7) is 0.497. The molecule has 6 atom stereocenters. The number of epoxide rings is 1. The van der Waals surface area contributed by atoms with Gasteiger partial charge >= 0.3 is 0 Å². The van der Waals surface area contributed by atoms with Crippen LogP contribution in [0.2, 0.25) is 0 Å². The molecule has 5 nitrogen and oxygen atoms in total. The van der Waals surface area contributed by atoms with Crippen LogP contribution in [0.5, 0.6) is 0 Å². The van der Waals surface area contributed by atoms with Crippen molar-refractivity contribution in [1.29, 1.82) is 0 Å². The van der Waals surface area contributed by atoms with Crippen LogP contribution in [0, 0.1) is 0 Å². The van der Waals surface area contributed by atoms with Gasteiger partial charge in [0.2, 0.25) is 0 Å². The molecule has 0 N–H and O–H groups in total. The second-order valence-corrected chi connectivity index (χ2v) is 5.02. The summed E-state index contributed by atoms with van der Waals surface area (Å²) in [7, 11) is 1.63. The van der Waals surface area contributed by atoms with E-state index in [1.54, 1.807) is 7.11 Å². The molecule has 4 rings (SSSR count). The lowest BCUT2D eigenvalue weighted by molar-refractivity contribution is -0.304. The van der Waals surface area contributed by atoms with E-state index in [-0.39, 0.29) is 37.0 Å². The second kappa shape index (κ2) is 4.54. The summed E-state index contributed by atoms with van der Waals surface area (Å²) in [6, 6.07) is 9.92. The minimum absolute atomic E-state index is 0.000716. The van der Waals surface area contributed by atoms with Crippen molar-refractivity contribution in [3.8, 4) is 0 Å². The molecule has 0 aromatic heterocycles. The van der Waals surface area contributed by atoms with Crippen molar-refractivity contribution >= 4 is 0 Å². The Labute approximate surface area is 111 Å². The molecule has 0 bridgehead atoms. The highest BCUT2D eigenvalue weighted by Crippen LogP contribution is 2.43. The topological polar surface area (TPSA) is 49.5 Å². The van der Waals surface area contributed by atoms with E-state index >= 15 is 0 Å². The first-order chi connectivity index (χ1) is 9.36. The van der Waals surface area contributed by atoms with Crippen molar-refractivity contribution < 1.29 is 23.7 Å². The maximum atomic E-state index is 6.00. The molecule has 3 fully saturated rings. The van der Waals surface area contributed by atoms with Crippen LogP contribution in [0.15, 0.2) is 30.3 Å². The third-order valence-electron chi connectivity index (χ3n) is 3.83. The highest BCUT2D eigenvalue weighted by Gasteiger charge is 2.60. The smallest absolute Gasteiger partial charge is 0.186 e. The molecule has 102 valence electrons. The van der Waals surface area contributed by atoms with Gasteiger partial charge in [-0.3, -0.25) is 0 Å². The number of benzene rings is 1. The molecule has 19 heavy (non-hydrogen) atoms. The number of hydrogen-bond acceptors (Lipinski definition) is 5. The van der Waals surface area contributed by atoms with Crippen LogP contribution in [-0.4, -0.2) is 44.4 Å². The van der Waals surface area contributed by atoms with E-state index in [2.05, 4.69) is 0 Å². The van der Waals surface area contributed by atoms with E-state index in [9.17, 15) is 0 Å². The van der Waals surface area contributed by atoms with Crippen LogP contribution >= 0.6 is 0 Å². The maximum Gasteiger partial charge on any atom is 0.186 e. The minimum atomic E-state index is -0.338. The van der Waals surface area contributed by atoms with Crippen LogP contribution in [0.1, 0.15) is 11.9 Å². The van der Waals surface area contributed by atoms with E-state index in [4.69, 9.17) is 23.7 Å². The molecule has 0 spiro atoms. The zero-order chi connectivity index (χ0) is 12.8. The van der Waals surface area contributed by atoms with Crippen LogP contribution in [0.3, 0.4) is 0 Å². The van der Waals surface area contributed by atoms with Crippen molar-refractivity contribution in [2.45, 2.75) is 37.0 Å². The molecule has 3 aliphatic rings. The summed E-state index contributed by atoms with van der Waals surface area (Å²) in [5, 5.41) is 0. The highest BCUT2D eigenvalue weighted by molar-refractivity contribution is 5.17. The quantitative estimate of drug-likeness (QED) is 0.752. The summed E-state index contributed by atoms with van der Waals surface area (Å²) in [5.41, 5.74) is 1.02. The lowest BCUT2D eigenvalue weighted by Crippen LogP contribution is -2.52. The molecule has 1 aromatic rings. The first kappa shape index (κ1) is 11.8. The number of fused-ring (bicyclic) bond motifs is 3. The molecule has 1 aromatic carbocycles. The third-order valence-corrected chi connectivity index (χ3v) is 3.83. The lowest BCUT2D eigenvalue weighted by Gasteiger charge is -2.39. The first-order valence-corrected chi connectivity index (χ1v) is 6.52. The van der Waals surface area contributed by atoms with Gasteiger partial charge in [0.05, 0.1) is 6.61 Å². The fourth-order valence-electron chi connectivity index (χ4n) is 2.80. The molecular weight excluding hydrogens is 248 g/mol. The van der Waals surface area contributed by atoms with Crippen LogP contribution in [0.4, 0.5) is 0 Å². The molecule has 3 heterocycles. The number of ether oxygens (including phenoxy) is 5. The predicted octanol–water partition coefficient (Wildman–Crippen LogP) is 1.24. The van der Waals surface area contributed by atoms with Gasteiger partial charge in [0.15, 0.2) is 12.6 Å².